The SMILES string of the molecule is C[C@@H]1OCC[C@H]1NCCCO. The maximum Gasteiger partial charge on any atom is 0.0700 e. The van der Waals surface area contributed by atoms with Gasteiger partial charge in [-0.25, -0.2) is 0 Å². The van der Waals surface area contributed by atoms with Crippen LogP contribution in [0.2, 0.25) is 0 Å². The third-order valence-corrected chi connectivity index (χ3v) is 2.12. The Balaban J connectivity index is 2.05. The molecule has 0 saturated carbocycles. The third-order valence-electron chi connectivity index (χ3n) is 2.12. The number of aliphatic hydroxyl groups excluding tert-OH is 1. The van der Waals surface area contributed by atoms with E-state index in [1.807, 2.05) is 0 Å². The Bertz CT molecular complexity index is 108. The quantitative estimate of drug-likeness (QED) is 0.573. The first-order chi connectivity index (χ1) is 5.34. The highest BCUT2D eigenvalue weighted by Gasteiger charge is 2.22. The standard InChI is InChI=1S/C8H17NO2/c1-7-8(3-6-11-7)9-4-2-5-10/h7-10H,2-6H2,1H3/t7-,8+/m0/s1. The second kappa shape index (κ2) is 4.70. The molecule has 0 aromatic carbocycles. The van der Waals surface area contributed by atoms with Crippen molar-refractivity contribution in [1.29, 1.82) is 0 Å². The second-order valence-corrected chi connectivity index (χ2v) is 3.00. The summed E-state index contributed by atoms with van der Waals surface area (Å²) in [5, 5.41) is 11.9. The summed E-state index contributed by atoms with van der Waals surface area (Å²) >= 11 is 0. The van der Waals surface area contributed by atoms with Gasteiger partial charge < -0.3 is 15.2 Å². The maximum atomic E-state index is 8.53. The van der Waals surface area contributed by atoms with Gasteiger partial charge in [-0.15, -0.1) is 0 Å². The van der Waals surface area contributed by atoms with Gasteiger partial charge in [0, 0.05) is 19.3 Å². The Morgan fingerprint density at radius 3 is 3.00 bits per heavy atom. The minimum atomic E-state index is 0.273. The van der Waals surface area contributed by atoms with Crippen LogP contribution in [-0.4, -0.2) is 37.0 Å². The van der Waals surface area contributed by atoms with Crippen molar-refractivity contribution in [2.24, 2.45) is 0 Å². The first kappa shape index (κ1) is 8.97. The van der Waals surface area contributed by atoms with Gasteiger partial charge in [0.2, 0.25) is 0 Å². The third kappa shape index (κ3) is 2.77. The molecule has 0 unspecified atom stereocenters. The van der Waals surface area contributed by atoms with E-state index in [2.05, 4.69) is 12.2 Å². The number of rotatable bonds is 4. The lowest BCUT2D eigenvalue weighted by Gasteiger charge is -2.14. The molecule has 0 spiro atoms. The summed E-state index contributed by atoms with van der Waals surface area (Å²) < 4.78 is 5.37. The molecule has 11 heavy (non-hydrogen) atoms. The van der Waals surface area contributed by atoms with Gasteiger partial charge in [0.05, 0.1) is 6.10 Å². The van der Waals surface area contributed by atoms with Crippen molar-refractivity contribution in [3.8, 4) is 0 Å². The van der Waals surface area contributed by atoms with Crippen LogP contribution in [0.25, 0.3) is 0 Å². The van der Waals surface area contributed by atoms with Crippen molar-refractivity contribution in [2.45, 2.75) is 31.9 Å². The Kier molecular flexibility index (Phi) is 3.83. The van der Waals surface area contributed by atoms with Crippen LogP contribution in [0.1, 0.15) is 19.8 Å². The summed E-state index contributed by atoms with van der Waals surface area (Å²) in [5.74, 6) is 0. The predicted molar refractivity (Wildman–Crippen MR) is 43.5 cm³/mol. The van der Waals surface area contributed by atoms with Gasteiger partial charge >= 0.3 is 0 Å². The molecule has 2 atom stereocenters. The molecule has 1 aliphatic rings. The molecule has 0 aromatic heterocycles. The molecule has 1 fully saturated rings. The first-order valence-electron chi connectivity index (χ1n) is 4.30. The van der Waals surface area contributed by atoms with Crippen molar-refractivity contribution in [1.82, 2.24) is 5.32 Å². The molecule has 3 nitrogen and oxygen atoms in total. The van der Waals surface area contributed by atoms with Crippen molar-refractivity contribution >= 4 is 0 Å². The van der Waals surface area contributed by atoms with Gasteiger partial charge in [-0.05, 0) is 26.3 Å². The fourth-order valence-electron chi connectivity index (χ4n) is 1.37. The largest absolute Gasteiger partial charge is 0.396 e. The summed E-state index contributed by atoms with van der Waals surface area (Å²) in [4.78, 5) is 0. The molecule has 2 N–H and O–H groups in total. The summed E-state index contributed by atoms with van der Waals surface area (Å²) in [6.45, 7) is 4.13. The molecule has 3 heteroatoms. The van der Waals surface area contributed by atoms with E-state index < -0.39 is 0 Å². The van der Waals surface area contributed by atoms with Crippen LogP contribution < -0.4 is 5.32 Å². The smallest absolute Gasteiger partial charge is 0.0700 e. The van der Waals surface area contributed by atoms with E-state index in [1.165, 1.54) is 0 Å². The van der Waals surface area contributed by atoms with Gasteiger partial charge in [-0.3, -0.25) is 0 Å². The highest BCUT2D eigenvalue weighted by Crippen LogP contribution is 2.11. The van der Waals surface area contributed by atoms with Crippen molar-refractivity contribution < 1.29 is 9.84 Å². The lowest BCUT2D eigenvalue weighted by Crippen LogP contribution is -2.35. The van der Waals surface area contributed by atoms with Crippen LogP contribution in [0, 0.1) is 0 Å². The van der Waals surface area contributed by atoms with E-state index in [0.717, 1.165) is 26.0 Å². The minimum Gasteiger partial charge on any atom is -0.396 e. The Labute approximate surface area is 67.7 Å². The second-order valence-electron chi connectivity index (χ2n) is 3.00. The first-order valence-corrected chi connectivity index (χ1v) is 4.30. The molecule has 0 bridgehead atoms. The molecule has 0 aliphatic carbocycles. The molecular weight excluding hydrogens is 142 g/mol. The molecule has 1 rings (SSSR count). The molecule has 1 aliphatic heterocycles. The summed E-state index contributed by atoms with van der Waals surface area (Å²) in [5.41, 5.74) is 0. The van der Waals surface area contributed by atoms with E-state index >= 15 is 0 Å². The zero-order valence-corrected chi connectivity index (χ0v) is 7.05. The highest BCUT2D eigenvalue weighted by molar-refractivity contribution is 4.78. The van der Waals surface area contributed by atoms with Crippen LogP contribution in [0.3, 0.4) is 0 Å². The molecule has 66 valence electrons. The van der Waals surface area contributed by atoms with E-state index in [4.69, 9.17) is 9.84 Å². The number of nitrogens with one attached hydrogen (secondary N) is 1. The molecule has 1 saturated heterocycles. The Hall–Kier alpha value is -0.120. The minimum absolute atomic E-state index is 0.273. The zero-order valence-electron chi connectivity index (χ0n) is 7.05. The fraction of sp³-hybridized carbons (Fsp3) is 1.00. The van der Waals surface area contributed by atoms with E-state index in [1.54, 1.807) is 0 Å². The van der Waals surface area contributed by atoms with Crippen molar-refractivity contribution in [2.75, 3.05) is 19.8 Å². The van der Waals surface area contributed by atoms with Crippen molar-refractivity contribution in [3.63, 3.8) is 0 Å². The normalized spacial score (nSPS) is 31.1. The van der Waals surface area contributed by atoms with E-state index in [0.29, 0.717) is 12.1 Å². The lowest BCUT2D eigenvalue weighted by molar-refractivity contribution is 0.113. The average Bonchev–Trinajstić information content (AvgIpc) is 2.37. The highest BCUT2D eigenvalue weighted by atomic mass is 16.5. The van der Waals surface area contributed by atoms with Crippen LogP contribution in [0.15, 0.2) is 0 Å². The van der Waals surface area contributed by atoms with Gasteiger partial charge in [0.1, 0.15) is 0 Å². The summed E-state index contributed by atoms with van der Waals surface area (Å²) in [6, 6.07) is 0.501. The van der Waals surface area contributed by atoms with Crippen molar-refractivity contribution in [3.05, 3.63) is 0 Å². The van der Waals surface area contributed by atoms with Crippen LogP contribution in [0.4, 0.5) is 0 Å². The Morgan fingerprint density at radius 2 is 2.45 bits per heavy atom. The number of ether oxygens (including phenoxy) is 1. The van der Waals surface area contributed by atoms with Gasteiger partial charge in [0.15, 0.2) is 0 Å². The van der Waals surface area contributed by atoms with E-state index in [-0.39, 0.29) is 6.61 Å². The van der Waals surface area contributed by atoms with Gasteiger partial charge in [-0.2, -0.15) is 0 Å². The number of hydrogen-bond donors (Lipinski definition) is 2. The Morgan fingerprint density at radius 1 is 1.64 bits per heavy atom. The topological polar surface area (TPSA) is 41.5 Å². The maximum absolute atomic E-state index is 8.53. The number of hydrogen-bond acceptors (Lipinski definition) is 3. The van der Waals surface area contributed by atoms with E-state index in [9.17, 15) is 0 Å². The molecule has 0 aromatic rings. The number of aliphatic hydroxyl groups is 1. The summed E-state index contributed by atoms with van der Waals surface area (Å²) in [7, 11) is 0. The predicted octanol–water partition coefficient (Wildman–Crippen LogP) is 0.136. The monoisotopic (exact) mass is 159 g/mol. The molecule has 1 heterocycles. The van der Waals surface area contributed by atoms with Crippen LogP contribution in [-0.2, 0) is 4.74 Å². The summed E-state index contributed by atoms with van der Waals surface area (Å²) in [6.07, 6.45) is 2.28. The van der Waals surface area contributed by atoms with Crippen LogP contribution >= 0.6 is 0 Å². The van der Waals surface area contributed by atoms with Crippen LogP contribution in [0.5, 0.6) is 0 Å². The molecule has 0 radical (unpaired) electrons. The fourth-order valence-corrected chi connectivity index (χ4v) is 1.37. The zero-order chi connectivity index (χ0) is 8.10. The molecular formula is C8H17NO2. The average molecular weight is 159 g/mol. The molecule has 0 amide bonds. The van der Waals surface area contributed by atoms with Gasteiger partial charge in [0.25, 0.3) is 0 Å². The van der Waals surface area contributed by atoms with Gasteiger partial charge in [-0.1, -0.05) is 0 Å². The lowest BCUT2D eigenvalue weighted by atomic mass is 10.1.